The van der Waals surface area contributed by atoms with E-state index in [1.807, 2.05) is 4.90 Å². The molecule has 0 saturated carbocycles. The number of aromatic nitrogens is 1. The molecule has 1 amide bonds. The molecule has 2 aliphatic rings. The van der Waals surface area contributed by atoms with E-state index >= 15 is 0 Å². The third kappa shape index (κ3) is 3.23. The lowest BCUT2D eigenvalue weighted by molar-refractivity contribution is -0.132. The van der Waals surface area contributed by atoms with Crippen LogP contribution in [0.1, 0.15) is 25.3 Å². The Morgan fingerprint density at radius 3 is 2.69 bits per heavy atom. The number of hydrogen-bond acceptors (Lipinski definition) is 6. The Morgan fingerprint density at radius 2 is 2.00 bits per heavy atom. The third-order valence-corrected chi connectivity index (χ3v) is 5.84. The van der Waals surface area contributed by atoms with Crippen molar-refractivity contribution in [3.63, 3.8) is 0 Å². The molecule has 0 spiro atoms. The smallest absolute Gasteiger partial charge is 0.292 e. The van der Waals surface area contributed by atoms with E-state index in [1.54, 1.807) is 11.3 Å². The van der Waals surface area contributed by atoms with Gasteiger partial charge in [-0.1, -0.05) is 37.3 Å². The number of hydrogen-bond donors (Lipinski definition) is 0. The van der Waals surface area contributed by atoms with Gasteiger partial charge < -0.3 is 19.3 Å². The second kappa shape index (κ2) is 7.15. The average Bonchev–Trinajstić information content (AvgIpc) is 3.12. The fourth-order valence-corrected chi connectivity index (χ4v) is 4.35. The van der Waals surface area contributed by atoms with Gasteiger partial charge in [-0.05, 0) is 17.5 Å². The predicted octanol–water partition coefficient (Wildman–Crippen LogP) is 2.96. The van der Waals surface area contributed by atoms with Crippen LogP contribution in [0.5, 0.6) is 0 Å². The molecule has 1 saturated heterocycles. The molecule has 4 rings (SSSR count). The average molecular weight is 373 g/mol. The molecule has 3 heterocycles. The van der Waals surface area contributed by atoms with Gasteiger partial charge in [0, 0.05) is 26.2 Å². The number of fused-ring (bicyclic) bond motifs is 1. The number of para-hydroxylation sites is 1. The second-order valence-electron chi connectivity index (χ2n) is 6.83. The fourth-order valence-electron chi connectivity index (χ4n) is 3.30. The van der Waals surface area contributed by atoms with Crippen molar-refractivity contribution in [1.29, 1.82) is 0 Å². The Balaban J connectivity index is 1.46. The van der Waals surface area contributed by atoms with Gasteiger partial charge in [0.2, 0.25) is 5.76 Å². The summed E-state index contributed by atoms with van der Waals surface area (Å²) in [6.07, 6.45) is 1.43. The summed E-state index contributed by atoms with van der Waals surface area (Å²) in [6, 6.07) is 6.40. The summed E-state index contributed by atoms with van der Waals surface area (Å²) >= 11 is 1.73. The molecule has 2 aliphatic heterocycles. The van der Waals surface area contributed by atoms with Crippen LogP contribution in [0.15, 0.2) is 30.2 Å². The Morgan fingerprint density at radius 1 is 1.19 bits per heavy atom. The first kappa shape index (κ1) is 17.1. The van der Waals surface area contributed by atoms with Crippen LogP contribution in [0.4, 0.5) is 5.13 Å². The first-order chi connectivity index (χ1) is 12.6. The molecule has 138 valence electrons. The van der Waals surface area contributed by atoms with Crippen LogP contribution in [-0.2, 0) is 14.3 Å². The topological polar surface area (TPSA) is 54.9 Å². The van der Waals surface area contributed by atoms with Crippen LogP contribution >= 0.6 is 11.3 Å². The highest BCUT2D eigenvalue weighted by Gasteiger charge is 2.27. The number of carbonyl (C=O) groups is 1. The number of amides is 1. The van der Waals surface area contributed by atoms with Crippen LogP contribution in [0, 0.1) is 0 Å². The molecule has 0 bridgehead atoms. The van der Waals surface area contributed by atoms with E-state index in [1.165, 1.54) is 16.5 Å². The van der Waals surface area contributed by atoms with Gasteiger partial charge in [-0.15, -0.1) is 0 Å². The van der Waals surface area contributed by atoms with Crippen molar-refractivity contribution in [1.82, 2.24) is 9.88 Å². The van der Waals surface area contributed by atoms with Crippen LogP contribution in [0.3, 0.4) is 0 Å². The van der Waals surface area contributed by atoms with Crippen molar-refractivity contribution in [2.24, 2.45) is 0 Å². The van der Waals surface area contributed by atoms with E-state index < -0.39 is 0 Å². The fraction of sp³-hybridized carbons (Fsp3) is 0.474. The van der Waals surface area contributed by atoms with Gasteiger partial charge in [0.1, 0.15) is 19.5 Å². The molecule has 1 aromatic carbocycles. The maximum Gasteiger partial charge on any atom is 0.292 e. The monoisotopic (exact) mass is 373 g/mol. The third-order valence-electron chi connectivity index (χ3n) is 4.76. The van der Waals surface area contributed by atoms with Crippen molar-refractivity contribution in [2.75, 3.05) is 44.3 Å². The first-order valence-electron chi connectivity index (χ1n) is 9.01. The summed E-state index contributed by atoms with van der Waals surface area (Å²) in [5.74, 6) is 0.677. The highest BCUT2D eigenvalue weighted by atomic mass is 32.1. The van der Waals surface area contributed by atoms with Crippen LogP contribution < -0.4 is 4.90 Å². The van der Waals surface area contributed by atoms with Gasteiger partial charge in [0.15, 0.2) is 5.13 Å². The highest BCUT2D eigenvalue weighted by Crippen LogP contribution is 2.33. The van der Waals surface area contributed by atoms with Crippen LogP contribution in [0.25, 0.3) is 10.2 Å². The number of piperazine rings is 1. The van der Waals surface area contributed by atoms with E-state index in [4.69, 9.17) is 14.5 Å². The summed E-state index contributed by atoms with van der Waals surface area (Å²) in [4.78, 5) is 21.5. The number of benzene rings is 1. The van der Waals surface area contributed by atoms with Crippen LogP contribution in [-0.4, -0.2) is 55.2 Å². The lowest BCUT2D eigenvalue weighted by Crippen LogP contribution is -2.49. The first-order valence-corrected chi connectivity index (χ1v) is 9.83. The van der Waals surface area contributed by atoms with Crippen molar-refractivity contribution < 1.29 is 14.3 Å². The number of nitrogens with zero attached hydrogens (tertiary/aromatic N) is 3. The van der Waals surface area contributed by atoms with E-state index in [-0.39, 0.29) is 5.91 Å². The lowest BCUT2D eigenvalue weighted by atomic mass is 10.0. The Kier molecular flexibility index (Phi) is 4.72. The quantitative estimate of drug-likeness (QED) is 0.828. The highest BCUT2D eigenvalue weighted by molar-refractivity contribution is 7.22. The minimum absolute atomic E-state index is 0.0873. The Hall–Kier alpha value is -2.28. The zero-order chi connectivity index (χ0) is 18.1. The lowest BCUT2D eigenvalue weighted by Gasteiger charge is -2.35. The van der Waals surface area contributed by atoms with E-state index in [0.717, 1.165) is 23.7 Å². The van der Waals surface area contributed by atoms with Gasteiger partial charge in [-0.3, -0.25) is 4.79 Å². The second-order valence-corrected chi connectivity index (χ2v) is 7.83. The van der Waals surface area contributed by atoms with E-state index in [0.29, 0.717) is 38.0 Å². The van der Waals surface area contributed by atoms with Crippen LogP contribution in [0.2, 0.25) is 0 Å². The maximum absolute atomic E-state index is 12.5. The molecule has 2 aromatic rings. The Labute approximate surface area is 157 Å². The standard InChI is InChI=1S/C19H23N3O3S/c1-13(2)14-4-3-5-16-17(14)20-19(26-16)22-8-6-21(7-9-22)18(23)15-12-24-10-11-25-15/h3-5,12-13H,6-11H2,1-2H3. The summed E-state index contributed by atoms with van der Waals surface area (Å²) in [6.45, 7) is 8.20. The van der Waals surface area contributed by atoms with Crippen molar-refractivity contribution in [3.8, 4) is 0 Å². The largest absolute Gasteiger partial charge is 0.494 e. The zero-order valence-corrected chi connectivity index (χ0v) is 15.9. The zero-order valence-electron chi connectivity index (χ0n) is 15.1. The number of rotatable bonds is 3. The van der Waals surface area contributed by atoms with Gasteiger partial charge in [0.05, 0.1) is 10.2 Å². The molecule has 0 N–H and O–H groups in total. The molecule has 1 fully saturated rings. The Bertz CT molecular complexity index is 838. The van der Waals surface area contributed by atoms with Crippen molar-refractivity contribution in [3.05, 3.63) is 35.8 Å². The molecular formula is C19H23N3O3S. The van der Waals surface area contributed by atoms with Gasteiger partial charge in [-0.2, -0.15) is 0 Å². The maximum atomic E-state index is 12.5. The minimum Gasteiger partial charge on any atom is -0.494 e. The van der Waals surface area contributed by atoms with Crippen molar-refractivity contribution in [2.45, 2.75) is 19.8 Å². The van der Waals surface area contributed by atoms with Gasteiger partial charge >= 0.3 is 0 Å². The molecular weight excluding hydrogens is 350 g/mol. The number of carbonyl (C=O) groups excluding carboxylic acids is 1. The molecule has 0 atom stereocenters. The van der Waals surface area contributed by atoms with Gasteiger partial charge in [0.25, 0.3) is 5.91 Å². The van der Waals surface area contributed by atoms with E-state index in [2.05, 4.69) is 36.9 Å². The molecule has 26 heavy (non-hydrogen) atoms. The molecule has 6 nitrogen and oxygen atoms in total. The van der Waals surface area contributed by atoms with Crippen molar-refractivity contribution >= 4 is 32.6 Å². The summed E-state index contributed by atoms with van der Waals surface area (Å²) in [7, 11) is 0. The summed E-state index contributed by atoms with van der Waals surface area (Å²) in [5.41, 5.74) is 2.40. The molecule has 0 unspecified atom stereocenters. The molecule has 0 radical (unpaired) electrons. The molecule has 7 heteroatoms. The summed E-state index contributed by atoms with van der Waals surface area (Å²) < 4.78 is 11.8. The summed E-state index contributed by atoms with van der Waals surface area (Å²) in [5, 5.41) is 1.04. The van der Waals surface area contributed by atoms with E-state index in [9.17, 15) is 4.79 Å². The molecule has 1 aromatic heterocycles. The van der Waals surface area contributed by atoms with Gasteiger partial charge in [-0.25, -0.2) is 4.98 Å². The predicted molar refractivity (Wildman–Crippen MR) is 102 cm³/mol. The number of ether oxygens (including phenoxy) is 2. The SMILES string of the molecule is CC(C)c1cccc2sc(N3CCN(C(=O)C4=COCCO4)CC3)nc12. The number of anilines is 1. The number of thiazole rings is 1. The minimum atomic E-state index is -0.0873. The molecule has 0 aliphatic carbocycles. The normalized spacial score (nSPS) is 17.9.